The Morgan fingerprint density at radius 1 is 0.984 bits per heavy atom. The number of Topliss-reactive ketones (excluding diaryl/α,β-unsaturated/α-hetero) is 1. The molecule has 3 aliphatic rings. The van der Waals surface area contributed by atoms with Crippen LogP contribution >= 0.6 is 0 Å². The smallest absolute Gasteiger partial charge is 0.332 e. The second kappa shape index (κ2) is 24.3. The number of benzene rings is 1. The van der Waals surface area contributed by atoms with Crippen LogP contribution in [0.3, 0.4) is 0 Å². The van der Waals surface area contributed by atoms with E-state index in [9.17, 15) is 48.9 Å². The topological polar surface area (TPSA) is 241 Å². The first kappa shape index (κ1) is 50.0. The number of hydrogen-bond acceptors (Lipinski definition) is 13. The van der Waals surface area contributed by atoms with Gasteiger partial charge >= 0.3 is 11.9 Å². The highest BCUT2D eigenvalue weighted by atomic mass is 16.7. The molecule has 1 aromatic carbocycles. The van der Waals surface area contributed by atoms with E-state index in [-0.39, 0.29) is 56.7 Å². The van der Waals surface area contributed by atoms with Crippen molar-refractivity contribution in [3.05, 3.63) is 77.9 Å². The van der Waals surface area contributed by atoms with Crippen LogP contribution in [0.15, 0.2) is 72.4 Å². The maximum Gasteiger partial charge on any atom is 0.332 e. The standard InChI is InChI=1S/C46H63N5O12/c1-28(2)41-44(59)47-36(27-32-15-12-16-33(53)26-32)45(60)50-24-13-17-35(49-50)46(61)62-38(29(3)14-11-20-39(55)51-25-10-9-21-40(56)63-51)19-8-6-7-18-37(54)31(5)42(57)34(43(58)48-41)23-22-30(4)52/h6-8,11-12,14-16,18,20,26,28,31,34-38,41-42,49,53-54,57H,9-10,13,17,19,21-25,27H2,1-5H3,(H,47,59)(H,48,58)/b8-6+,18-7+,20-11+,29-14+/t31-,34+,35?,36-,37-,38-,41-,42+/m0/s1. The van der Waals surface area contributed by atoms with E-state index in [0.29, 0.717) is 36.8 Å². The van der Waals surface area contributed by atoms with Gasteiger partial charge in [-0.25, -0.2) is 10.2 Å². The molecular formula is C46H63N5O12. The maximum atomic E-state index is 14.4. The third kappa shape index (κ3) is 15.3. The molecule has 8 atom stereocenters. The van der Waals surface area contributed by atoms with Crippen LogP contribution in [-0.2, 0) is 49.6 Å². The Balaban J connectivity index is 1.70. The number of allylic oxidation sites excluding steroid dienone is 4. The van der Waals surface area contributed by atoms with Crippen LogP contribution in [0.4, 0.5) is 0 Å². The average Bonchev–Trinajstić information content (AvgIpc) is 3.47. The number of aliphatic hydroxyl groups is 2. The molecule has 63 heavy (non-hydrogen) atoms. The summed E-state index contributed by atoms with van der Waals surface area (Å²) < 4.78 is 6.03. The van der Waals surface area contributed by atoms with Gasteiger partial charge < -0.3 is 40.3 Å². The number of fused-ring (bicyclic) bond motifs is 2. The van der Waals surface area contributed by atoms with Gasteiger partial charge in [-0.15, -0.1) is 0 Å². The number of hydroxylamine groups is 2. The number of ether oxygens (including phenoxy) is 1. The van der Waals surface area contributed by atoms with Gasteiger partial charge in [-0.3, -0.25) is 29.0 Å². The van der Waals surface area contributed by atoms with E-state index in [1.54, 1.807) is 64.1 Å². The summed E-state index contributed by atoms with van der Waals surface area (Å²) >= 11 is 0. The number of carbonyl (C=O) groups is 7. The van der Waals surface area contributed by atoms with E-state index in [0.717, 1.165) is 5.06 Å². The van der Waals surface area contributed by atoms with Gasteiger partial charge in [0.2, 0.25) is 11.8 Å². The quantitative estimate of drug-likeness (QED) is 0.119. The Hall–Kier alpha value is -5.65. The Labute approximate surface area is 368 Å². The number of amides is 4. The third-order valence-corrected chi connectivity index (χ3v) is 11.3. The van der Waals surface area contributed by atoms with E-state index in [1.165, 1.54) is 42.3 Å². The second-order valence-corrected chi connectivity index (χ2v) is 16.8. The Morgan fingerprint density at radius 2 is 1.75 bits per heavy atom. The second-order valence-electron chi connectivity index (χ2n) is 16.8. The van der Waals surface area contributed by atoms with Gasteiger partial charge in [-0.2, -0.15) is 5.06 Å². The zero-order valence-corrected chi connectivity index (χ0v) is 36.7. The Kier molecular flexibility index (Phi) is 19.3. The monoisotopic (exact) mass is 877 g/mol. The van der Waals surface area contributed by atoms with Crippen molar-refractivity contribution in [3.8, 4) is 5.75 Å². The number of hydrogen-bond donors (Lipinski definition) is 6. The number of phenolic OH excluding ortho intramolecular Hbond substituents is 1. The molecule has 3 heterocycles. The van der Waals surface area contributed by atoms with E-state index < -0.39 is 89.8 Å². The van der Waals surface area contributed by atoms with Crippen LogP contribution in [0.5, 0.6) is 5.75 Å². The van der Waals surface area contributed by atoms with Crippen LogP contribution in [0, 0.1) is 17.8 Å². The molecule has 344 valence electrons. The lowest BCUT2D eigenvalue weighted by molar-refractivity contribution is -0.192. The number of esters is 1. The van der Waals surface area contributed by atoms with Crippen LogP contribution in [-0.4, -0.2) is 116 Å². The summed E-state index contributed by atoms with van der Waals surface area (Å²) in [5, 5.41) is 40.6. The Bertz CT molecular complexity index is 1930. The molecule has 0 radical (unpaired) electrons. The van der Waals surface area contributed by atoms with Gasteiger partial charge in [0.05, 0.1) is 24.7 Å². The van der Waals surface area contributed by atoms with Crippen molar-refractivity contribution in [1.82, 2.24) is 26.1 Å². The van der Waals surface area contributed by atoms with Crippen LogP contribution in [0.25, 0.3) is 0 Å². The molecule has 1 unspecified atom stereocenters. The van der Waals surface area contributed by atoms with Crippen molar-refractivity contribution < 1.29 is 58.5 Å². The first-order chi connectivity index (χ1) is 29.9. The lowest BCUT2D eigenvalue weighted by Crippen LogP contribution is -2.62. The minimum absolute atomic E-state index is 0.0427. The van der Waals surface area contributed by atoms with Crippen molar-refractivity contribution in [3.63, 3.8) is 0 Å². The lowest BCUT2D eigenvalue weighted by atomic mass is 9.84. The fraction of sp³-hybridized carbons (Fsp3) is 0.543. The Morgan fingerprint density at radius 3 is 2.46 bits per heavy atom. The van der Waals surface area contributed by atoms with Gasteiger partial charge in [-0.05, 0) is 75.1 Å². The highest BCUT2D eigenvalue weighted by Gasteiger charge is 2.38. The molecule has 6 N–H and O–H groups in total. The van der Waals surface area contributed by atoms with Crippen LogP contribution < -0.4 is 16.1 Å². The molecule has 0 aromatic heterocycles. The summed E-state index contributed by atoms with van der Waals surface area (Å²) in [6.07, 6.45) is 9.18. The minimum Gasteiger partial charge on any atom is -0.508 e. The zero-order chi connectivity index (χ0) is 46.2. The van der Waals surface area contributed by atoms with Crippen molar-refractivity contribution in [1.29, 1.82) is 0 Å². The zero-order valence-electron chi connectivity index (χ0n) is 36.7. The molecular weight excluding hydrogens is 815 g/mol. The molecule has 17 nitrogen and oxygen atoms in total. The first-order valence-electron chi connectivity index (χ1n) is 21.7. The van der Waals surface area contributed by atoms with Gasteiger partial charge in [0.25, 0.3) is 11.8 Å². The minimum atomic E-state index is -1.44. The first-order valence-corrected chi connectivity index (χ1v) is 21.7. The van der Waals surface area contributed by atoms with E-state index in [1.807, 2.05) is 0 Å². The molecule has 3 aliphatic heterocycles. The van der Waals surface area contributed by atoms with Crippen molar-refractivity contribution in [2.45, 2.75) is 129 Å². The van der Waals surface area contributed by atoms with Crippen LogP contribution in [0.1, 0.15) is 91.5 Å². The number of carbonyl (C=O) groups excluding carboxylic acids is 7. The molecule has 17 heteroatoms. The molecule has 2 bridgehead atoms. The van der Waals surface area contributed by atoms with E-state index >= 15 is 0 Å². The van der Waals surface area contributed by atoms with Crippen molar-refractivity contribution >= 4 is 41.4 Å². The fourth-order valence-electron chi connectivity index (χ4n) is 7.41. The van der Waals surface area contributed by atoms with Gasteiger partial charge in [0.1, 0.15) is 35.8 Å². The number of nitrogens with one attached hydrogen (secondary N) is 3. The number of nitrogens with zero attached hydrogens (tertiary/aromatic N) is 2. The van der Waals surface area contributed by atoms with Gasteiger partial charge in [-0.1, -0.05) is 69.4 Å². The maximum absolute atomic E-state index is 14.4. The predicted molar refractivity (Wildman–Crippen MR) is 230 cm³/mol. The summed E-state index contributed by atoms with van der Waals surface area (Å²) in [6.45, 7) is 8.46. The molecule has 0 saturated carbocycles. The number of phenols is 1. The number of aromatic hydroxyl groups is 1. The highest BCUT2D eigenvalue weighted by Crippen LogP contribution is 2.24. The number of ketones is 1. The van der Waals surface area contributed by atoms with Crippen molar-refractivity contribution in [2.75, 3.05) is 13.1 Å². The molecule has 4 amide bonds. The largest absolute Gasteiger partial charge is 0.508 e. The van der Waals surface area contributed by atoms with Gasteiger partial charge in [0.15, 0.2) is 0 Å². The predicted octanol–water partition coefficient (Wildman–Crippen LogP) is 2.80. The fourth-order valence-corrected chi connectivity index (χ4v) is 7.41. The number of rotatable bonds is 9. The molecule has 2 saturated heterocycles. The van der Waals surface area contributed by atoms with Crippen LogP contribution in [0.2, 0.25) is 0 Å². The third-order valence-electron chi connectivity index (χ3n) is 11.3. The van der Waals surface area contributed by atoms with E-state index in [4.69, 9.17) is 9.57 Å². The summed E-state index contributed by atoms with van der Waals surface area (Å²) in [5.74, 6) is -6.57. The molecule has 2 fully saturated rings. The number of hydrazine groups is 1. The highest BCUT2D eigenvalue weighted by molar-refractivity contribution is 5.93. The van der Waals surface area contributed by atoms with Crippen molar-refractivity contribution in [2.24, 2.45) is 17.8 Å². The lowest BCUT2D eigenvalue weighted by Gasteiger charge is -2.36. The summed E-state index contributed by atoms with van der Waals surface area (Å²) in [7, 11) is 0. The molecule has 1 aromatic rings. The molecule has 0 aliphatic carbocycles. The van der Waals surface area contributed by atoms with E-state index in [2.05, 4.69) is 16.1 Å². The summed E-state index contributed by atoms with van der Waals surface area (Å²) in [6, 6.07) is 2.79. The average molecular weight is 878 g/mol. The normalized spacial score (nSPS) is 28.8. The molecule has 4 rings (SSSR count). The number of aliphatic hydroxyl groups excluding tert-OH is 2. The summed E-state index contributed by atoms with van der Waals surface area (Å²) in [5.41, 5.74) is 4.05. The SMILES string of the molecule is CC(=O)CC[C@H]1C(=O)N[C@@H](C(C)C)C(=O)N[C@@H](Cc2cccc(O)c2)C(=O)N2CCCC(N2)C(=O)O[C@H](/C(C)=C/C=C/C(=O)N2CCCCC(=O)O2)C/C=C/C=C/[C@H](O)[C@H](C)[C@H]1O. The summed E-state index contributed by atoms with van der Waals surface area (Å²) in [4.78, 5) is 98.1. The van der Waals surface area contributed by atoms with Gasteiger partial charge in [0, 0.05) is 44.2 Å². The molecule has 0 spiro atoms. The number of cyclic esters (lactones) is 1.